The molecule has 0 unspecified atom stereocenters. The van der Waals surface area contributed by atoms with Crippen LogP contribution in [0.4, 0.5) is 5.69 Å². The number of anilines is 1. The molecule has 0 spiro atoms. The second kappa shape index (κ2) is 6.65. The summed E-state index contributed by atoms with van der Waals surface area (Å²) in [5, 5.41) is 16.0. The summed E-state index contributed by atoms with van der Waals surface area (Å²) < 4.78 is 2.71. The predicted octanol–water partition coefficient (Wildman–Crippen LogP) is 2.43. The lowest BCUT2D eigenvalue weighted by Crippen LogP contribution is -2.25. The van der Waals surface area contributed by atoms with Gasteiger partial charge < -0.3 is 10.4 Å². The van der Waals surface area contributed by atoms with Gasteiger partial charge in [-0.15, -0.1) is 11.3 Å². The van der Waals surface area contributed by atoms with Crippen LogP contribution in [-0.2, 0) is 13.1 Å². The van der Waals surface area contributed by atoms with Crippen LogP contribution in [0.1, 0.15) is 4.88 Å². The minimum absolute atomic E-state index is 0.116. The van der Waals surface area contributed by atoms with E-state index in [1.807, 2.05) is 12.1 Å². The van der Waals surface area contributed by atoms with Crippen molar-refractivity contribution < 1.29 is 5.11 Å². The SMILES string of the molecule is O=c1c(Br)c(NCc2ccc(Br)s2)cnn1CCO. The van der Waals surface area contributed by atoms with Crippen molar-refractivity contribution in [2.24, 2.45) is 0 Å². The Morgan fingerprint density at radius 3 is 2.84 bits per heavy atom. The minimum Gasteiger partial charge on any atom is -0.394 e. The molecule has 2 aromatic heterocycles. The van der Waals surface area contributed by atoms with Crippen molar-refractivity contribution in [1.29, 1.82) is 0 Å². The van der Waals surface area contributed by atoms with E-state index in [1.54, 1.807) is 17.5 Å². The van der Waals surface area contributed by atoms with Gasteiger partial charge in [0.15, 0.2) is 0 Å². The summed E-state index contributed by atoms with van der Waals surface area (Å²) in [4.78, 5) is 13.0. The number of thiophene rings is 1. The van der Waals surface area contributed by atoms with Gasteiger partial charge in [-0.3, -0.25) is 4.79 Å². The smallest absolute Gasteiger partial charge is 0.283 e. The Morgan fingerprint density at radius 2 is 2.21 bits per heavy atom. The summed E-state index contributed by atoms with van der Waals surface area (Å²) in [5.41, 5.74) is 0.384. The largest absolute Gasteiger partial charge is 0.394 e. The van der Waals surface area contributed by atoms with Crippen LogP contribution in [0.25, 0.3) is 0 Å². The molecule has 2 N–H and O–H groups in total. The molecule has 102 valence electrons. The molecule has 0 aromatic carbocycles. The summed E-state index contributed by atoms with van der Waals surface area (Å²) in [6.45, 7) is 0.699. The molecule has 5 nitrogen and oxygen atoms in total. The average Bonchev–Trinajstić information content (AvgIpc) is 2.80. The summed E-state index contributed by atoms with van der Waals surface area (Å²) in [6, 6.07) is 3.99. The van der Waals surface area contributed by atoms with E-state index in [9.17, 15) is 4.79 Å². The van der Waals surface area contributed by atoms with E-state index in [0.29, 0.717) is 16.7 Å². The van der Waals surface area contributed by atoms with Gasteiger partial charge in [0.05, 0.1) is 28.8 Å². The van der Waals surface area contributed by atoms with Crippen molar-refractivity contribution in [3.05, 3.63) is 41.8 Å². The van der Waals surface area contributed by atoms with Gasteiger partial charge in [0.1, 0.15) is 4.47 Å². The summed E-state index contributed by atoms with van der Waals surface area (Å²) in [5.74, 6) is 0. The molecule has 0 aliphatic carbocycles. The topological polar surface area (TPSA) is 67.2 Å². The second-order valence-corrected chi connectivity index (χ2v) is 7.02. The highest BCUT2D eigenvalue weighted by Crippen LogP contribution is 2.24. The van der Waals surface area contributed by atoms with Crippen LogP contribution in [0.5, 0.6) is 0 Å². The van der Waals surface area contributed by atoms with E-state index >= 15 is 0 Å². The quantitative estimate of drug-likeness (QED) is 0.797. The van der Waals surface area contributed by atoms with Crippen LogP contribution in [0.3, 0.4) is 0 Å². The van der Waals surface area contributed by atoms with Gasteiger partial charge in [-0.25, -0.2) is 4.68 Å². The van der Waals surface area contributed by atoms with Crippen molar-refractivity contribution in [2.75, 3.05) is 11.9 Å². The van der Waals surface area contributed by atoms with E-state index in [4.69, 9.17) is 5.11 Å². The third-order valence-electron chi connectivity index (χ3n) is 2.38. The van der Waals surface area contributed by atoms with Gasteiger partial charge in [0.2, 0.25) is 0 Å². The molecule has 0 amide bonds. The standard InChI is InChI=1S/C11H11Br2N3O2S/c12-9-2-1-7(19-9)5-14-8-6-15-16(3-4-17)11(18)10(8)13/h1-2,6,14,17H,3-5H2. The zero-order chi connectivity index (χ0) is 13.8. The molecule has 0 aliphatic heterocycles. The summed E-state index contributed by atoms with van der Waals surface area (Å²) in [6.07, 6.45) is 1.57. The molecule has 0 aliphatic rings. The van der Waals surface area contributed by atoms with Crippen molar-refractivity contribution in [3.63, 3.8) is 0 Å². The van der Waals surface area contributed by atoms with E-state index in [-0.39, 0.29) is 18.7 Å². The van der Waals surface area contributed by atoms with Crippen molar-refractivity contribution in [1.82, 2.24) is 9.78 Å². The zero-order valence-corrected chi connectivity index (χ0v) is 13.8. The van der Waals surface area contributed by atoms with E-state index in [2.05, 4.69) is 42.3 Å². The van der Waals surface area contributed by atoms with E-state index in [0.717, 1.165) is 8.66 Å². The molecule has 0 radical (unpaired) electrons. The number of hydrogen-bond acceptors (Lipinski definition) is 5. The number of nitrogens with one attached hydrogen (secondary N) is 1. The molecule has 2 heterocycles. The Bertz CT molecular complexity index is 627. The maximum absolute atomic E-state index is 11.9. The number of aromatic nitrogens is 2. The Morgan fingerprint density at radius 1 is 1.42 bits per heavy atom. The third kappa shape index (κ3) is 3.65. The number of halogens is 2. The Hall–Kier alpha value is -0.700. The van der Waals surface area contributed by atoms with Crippen molar-refractivity contribution in [2.45, 2.75) is 13.1 Å². The summed E-state index contributed by atoms with van der Waals surface area (Å²) >= 11 is 8.29. The Labute approximate surface area is 130 Å². The second-order valence-electron chi connectivity index (χ2n) is 3.68. The zero-order valence-electron chi connectivity index (χ0n) is 9.77. The number of aliphatic hydroxyl groups is 1. The van der Waals surface area contributed by atoms with Crippen LogP contribution in [-0.4, -0.2) is 21.5 Å². The molecule has 0 saturated heterocycles. The van der Waals surface area contributed by atoms with Gasteiger partial charge in [-0.1, -0.05) is 0 Å². The predicted molar refractivity (Wildman–Crippen MR) is 82.6 cm³/mol. The normalized spacial score (nSPS) is 10.7. The van der Waals surface area contributed by atoms with Gasteiger partial charge in [-0.2, -0.15) is 5.10 Å². The average molecular weight is 409 g/mol. The van der Waals surface area contributed by atoms with Crippen molar-refractivity contribution >= 4 is 48.9 Å². The van der Waals surface area contributed by atoms with Gasteiger partial charge in [0, 0.05) is 11.4 Å². The highest BCUT2D eigenvalue weighted by atomic mass is 79.9. The molecule has 2 rings (SSSR count). The lowest BCUT2D eigenvalue weighted by Gasteiger charge is -2.09. The fourth-order valence-electron chi connectivity index (χ4n) is 1.47. The first-order valence-corrected chi connectivity index (χ1v) is 7.86. The number of rotatable bonds is 5. The van der Waals surface area contributed by atoms with Gasteiger partial charge in [0.25, 0.3) is 5.56 Å². The van der Waals surface area contributed by atoms with Gasteiger partial charge >= 0.3 is 0 Å². The van der Waals surface area contributed by atoms with Crippen LogP contribution in [0.2, 0.25) is 0 Å². The van der Waals surface area contributed by atoms with E-state index in [1.165, 1.54) is 4.68 Å². The first kappa shape index (κ1) is 14.7. The number of hydrogen-bond donors (Lipinski definition) is 2. The van der Waals surface area contributed by atoms with Gasteiger partial charge in [-0.05, 0) is 44.0 Å². The van der Waals surface area contributed by atoms with Crippen LogP contribution < -0.4 is 10.9 Å². The Kier molecular flexibility index (Phi) is 5.14. The molecule has 0 saturated carbocycles. The molecule has 2 aromatic rings. The maximum atomic E-state index is 11.9. The fraction of sp³-hybridized carbons (Fsp3) is 0.273. The van der Waals surface area contributed by atoms with Crippen molar-refractivity contribution in [3.8, 4) is 0 Å². The Balaban J connectivity index is 2.13. The monoisotopic (exact) mass is 407 g/mol. The molecule has 0 atom stereocenters. The molecular weight excluding hydrogens is 398 g/mol. The highest BCUT2D eigenvalue weighted by Gasteiger charge is 2.08. The fourth-order valence-corrected chi connectivity index (χ4v) is 3.34. The van der Waals surface area contributed by atoms with Crippen LogP contribution in [0, 0.1) is 0 Å². The maximum Gasteiger partial charge on any atom is 0.283 e. The first-order valence-electron chi connectivity index (χ1n) is 5.46. The molecule has 0 fully saturated rings. The summed E-state index contributed by atoms with van der Waals surface area (Å²) in [7, 11) is 0. The number of nitrogens with zero attached hydrogens (tertiary/aromatic N) is 2. The molecular formula is C11H11Br2N3O2S. The molecule has 8 heteroatoms. The lowest BCUT2D eigenvalue weighted by molar-refractivity contribution is 0.266. The number of aliphatic hydroxyl groups excluding tert-OH is 1. The highest BCUT2D eigenvalue weighted by molar-refractivity contribution is 9.11. The minimum atomic E-state index is -0.258. The molecule has 19 heavy (non-hydrogen) atoms. The van der Waals surface area contributed by atoms with Crippen LogP contribution in [0.15, 0.2) is 31.4 Å². The lowest BCUT2D eigenvalue weighted by atomic mass is 10.4. The molecule has 0 bridgehead atoms. The third-order valence-corrected chi connectivity index (χ3v) is 4.77. The van der Waals surface area contributed by atoms with E-state index < -0.39 is 0 Å². The van der Waals surface area contributed by atoms with Crippen LogP contribution >= 0.6 is 43.2 Å². The first-order chi connectivity index (χ1) is 9.11.